The smallest absolute Gasteiger partial charge is 0.372 e. The van der Waals surface area contributed by atoms with Gasteiger partial charge in [0, 0.05) is 6.54 Å². The Bertz CT molecular complexity index is 1030. The molecular formula is C24H27F6N3O2. The van der Waals surface area contributed by atoms with Crippen LogP contribution in [0.1, 0.15) is 48.1 Å². The van der Waals surface area contributed by atoms with Crippen LogP contribution in [-0.2, 0) is 27.4 Å². The third kappa shape index (κ3) is 5.62. The number of nitrogens with zero attached hydrogens (tertiary/aromatic N) is 1. The number of amides is 1. The molecule has 1 saturated heterocycles. The van der Waals surface area contributed by atoms with Gasteiger partial charge in [-0.15, -0.1) is 0 Å². The molecule has 1 heterocycles. The molecule has 0 radical (unpaired) electrons. The van der Waals surface area contributed by atoms with Gasteiger partial charge in [-0.25, -0.2) is 0 Å². The highest BCUT2D eigenvalue weighted by molar-refractivity contribution is 5.84. The minimum atomic E-state index is -4.95. The third-order valence-corrected chi connectivity index (χ3v) is 6.69. The second-order valence-corrected chi connectivity index (χ2v) is 9.07. The molecule has 1 unspecified atom stereocenters. The first-order valence-corrected chi connectivity index (χ1v) is 10.8. The van der Waals surface area contributed by atoms with Gasteiger partial charge in [0.1, 0.15) is 5.54 Å². The predicted octanol–water partition coefficient (Wildman–Crippen LogP) is 4.61. The topological polar surface area (TPSA) is 81.6 Å². The quantitative estimate of drug-likeness (QED) is 0.565. The average molecular weight is 503 g/mol. The van der Waals surface area contributed by atoms with Crippen molar-refractivity contribution in [1.29, 1.82) is 0 Å². The monoisotopic (exact) mass is 503 g/mol. The van der Waals surface area contributed by atoms with Gasteiger partial charge in [-0.05, 0) is 56.1 Å². The average Bonchev–Trinajstić information content (AvgIpc) is 2.77. The summed E-state index contributed by atoms with van der Waals surface area (Å²) in [5.41, 5.74) is 7.31. The van der Waals surface area contributed by atoms with Gasteiger partial charge in [0.2, 0.25) is 5.91 Å². The minimum Gasteiger partial charge on any atom is -0.372 e. The molecule has 3 atom stereocenters. The third-order valence-electron chi connectivity index (χ3n) is 6.69. The van der Waals surface area contributed by atoms with E-state index in [1.54, 1.807) is 30.1 Å². The molecule has 4 N–H and O–H groups in total. The van der Waals surface area contributed by atoms with E-state index in [0.717, 1.165) is 5.56 Å². The van der Waals surface area contributed by atoms with Crippen LogP contribution in [0.2, 0.25) is 0 Å². The highest BCUT2D eigenvalue weighted by Crippen LogP contribution is 2.42. The summed E-state index contributed by atoms with van der Waals surface area (Å²) < 4.78 is 85.6. The van der Waals surface area contributed by atoms with Gasteiger partial charge in [0.25, 0.3) is 0 Å². The van der Waals surface area contributed by atoms with E-state index in [1.807, 2.05) is 12.1 Å². The van der Waals surface area contributed by atoms with Crippen molar-refractivity contribution < 1.29 is 35.9 Å². The Morgan fingerprint density at radius 3 is 2.03 bits per heavy atom. The summed E-state index contributed by atoms with van der Waals surface area (Å²) in [6.07, 6.45) is -10.4. The number of carbonyl (C=O) groups is 1. The molecule has 0 saturated carbocycles. The normalized spacial score (nSPS) is 24.8. The van der Waals surface area contributed by atoms with Crippen molar-refractivity contribution in [2.75, 3.05) is 20.2 Å². The fraction of sp³-hybridized carbons (Fsp3) is 0.458. The molecule has 192 valence electrons. The summed E-state index contributed by atoms with van der Waals surface area (Å²) in [7, 11) is 1.72. The van der Waals surface area contributed by atoms with E-state index in [4.69, 9.17) is 16.2 Å². The summed E-state index contributed by atoms with van der Waals surface area (Å²) >= 11 is 0. The van der Waals surface area contributed by atoms with Gasteiger partial charge in [0.15, 0.2) is 0 Å². The van der Waals surface area contributed by atoms with Crippen molar-refractivity contribution >= 4 is 5.91 Å². The largest absolute Gasteiger partial charge is 0.416 e. The number of primary amides is 1. The summed E-state index contributed by atoms with van der Waals surface area (Å²) in [6.45, 7) is 1.42. The lowest BCUT2D eigenvalue weighted by molar-refractivity contribution is -0.143. The zero-order chi connectivity index (χ0) is 26.2. The Morgan fingerprint density at radius 2 is 1.57 bits per heavy atom. The number of likely N-dealkylation sites (tertiary alicyclic amines) is 1. The molecule has 3 rings (SSSR count). The number of rotatable bonds is 6. The van der Waals surface area contributed by atoms with Crippen LogP contribution in [0.25, 0.3) is 0 Å². The molecule has 1 amide bonds. The number of ether oxygens (including phenoxy) is 1. The lowest BCUT2D eigenvalue weighted by Crippen LogP contribution is -2.66. The minimum absolute atomic E-state index is 0.0683. The van der Waals surface area contributed by atoms with E-state index in [0.29, 0.717) is 18.6 Å². The van der Waals surface area contributed by atoms with Crippen molar-refractivity contribution in [2.45, 2.75) is 49.3 Å². The van der Waals surface area contributed by atoms with Crippen LogP contribution in [0.5, 0.6) is 0 Å². The molecule has 2 aromatic rings. The molecule has 11 heteroatoms. The number of halogens is 6. The van der Waals surface area contributed by atoms with Gasteiger partial charge < -0.3 is 16.2 Å². The molecule has 0 bridgehead atoms. The van der Waals surface area contributed by atoms with Gasteiger partial charge in [-0.1, -0.05) is 30.3 Å². The first kappa shape index (κ1) is 27.0. The Balaban J connectivity index is 1.94. The molecule has 1 aliphatic heterocycles. The molecule has 0 aliphatic carbocycles. The van der Waals surface area contributed by atoms with Crippen molar-refractivity contribution in [3.63, 3.8) is 0 Å². The Kier molecular flexibility index (Phi) is 7.27. The van der Waals surface area contributed by atoms with E-state index in [2.05, 4.69) is 0 Å². The van der Waals surface area contributed by atoms with Crippen LogP contribution in [-0.4, -0.2) is 36.5 Å². The van der Waals surface area contributed by atoms with E-state index >= 15 is 0 Å². The van der Waals surface area contributed by atoms with Gasteiger partial charge in [-0.3, -0.25) is 9.69 Å². The van der Waals surface area contributed by atoms with Gasteiger partial charge >= 0.3 is 12.4 Å². The molecule has 0 aromatic heterocycles. The maximum Gasteiger partial charge on any atom is 0.416 e. The fourth-order valence-corrected chi connectivity index (χ4v) is 4.43. The fourth-order valence-electron chi connectivity index (χ4n) is 4.43. The Hall–Kier alpha value is -2.63. The van der Waals surface area contributed by atoms with E-state index < -0.39 is 46.6 Å². The highest BCUT2D eigenvalue weighted by Gasteiger charge is 2.48. The summed E-state index contributed by atoms with van der Waals surface area (Å²) in [5.74, 6) is -0.663. The van der Waals surface area contributed by atoms with E-state index in [1.165, 1.54) is 6.92 Å². The molecular weight excluding hydrogens is 476 g/mol. The number of carbonyl (C=O) groups excluding carboxylic acids is 1. The highest BCUT2D eigenvalue weighted by atomic mass is 19.4. The van der Waals surface area contributed by atoms with Crippen molar-refractivity contribution in [3.05, 3.63) is 70.8 Å². The van der Waals surface area contributed by atoms with E-state index in [9.17, 15) is 31.1 Å². The SMILES string of the molecule is C[C@@H](OC[C@@]1(c2ccccc2)CCC(N)(C(N)=O)CN1C)c1cc(C(F)(F)F)cc(C(F)(F)F)c1. The lowest BCUT2D eigenvalue weighted by atomic mass is 9.75. The van der Waals surface area contributed by atoms with Crippen LogP contribution in [0, 0.1) is 0 Å². The van der Waals surface area contributed by atoms with Crippen molar-refractivity contribution in [3.8, 4) is 0 Å². The Labute approximate surface area is 199 Å². The zero-order valence-electron chi connectivity index (χ0n) is 19.2. The molecule has 5 nitrogen and oxygen atoms in total. The van der Waals surface area contributed by atoms with Crippen LogP contribution >= 0.6 is 0 Å². The van der Waals surface area contributed by atoms with E-state index in [-0.39, 0.29) is 31.2 Å². The second-order valence-electron chi connectivity index (χ2n) is 9.07. The summed E-state index contributed by atoms with van der Waals surface area (Å²) in [5, 5.41) is 0. The standard InChI is InChI=1S/C24H27F6N3O2/c1-15(16-10-18(23(25,26)27)12-19(11-16)24(28,29)30)35-14-22(17-6-4-3-5-7-17)9-8-21(32,20(31)34)13-33(22)2/h3-7,10-12,15H,8-9,13-14,32H2,1-2H3,(H2,31,34)/t15-,21?,22-/m1/s1. The van der Waals surface area contributed by atoms with Crippen LogP contribution in [0.15, 0.2) is 48.5 Å². The first-order chi connectivity index (χ1) is 16.1. The maximum absolute atomic E-state index is 13.3. The lowest BCUT2D eigenvalue weighted by Gasteiger charge is -2.50. The predicted molar refractivity (Wildman–Crippen MR) is 117 cm³/mol. The molecule has 1 aliphatic rings. The van der Waals surface area contributed by atoms with Crippen LogP contribution in [0.4, 0.5) is 26.3 Å². The van der Waals surface area contributed by atoms with Gasteiger partial charge in [0.05, 0.1) is 29.4 Å². The number of nitrogens with two attached hydrogens (primary N) is 2. The molecule has 1 fully saturated rings. The summed E-state index contributed by atoms with van der Waals surface area (Å²) in [6, 6.07) is 10.5. The molecule has 2 aromatic carbocycles. The maximum atomic E-state index is 13.3. The first-order valence-electron chi connectivity index (χ1n) is 10.8. The molecule has 35 heavy (non-hydrogen) atoms. The number of hydrogen-bond acceptors (Lipinski definition) is 4. The number of alkyl halides is 6. The number of benzene rings is 2. The summed E-state index contributed by atoms with van der Waals surface area (Å²) in [4.78, 5) is 13.7. The molecule has 0 spiro atoms. The Morgan fingerprint density at radius 1 is 1.03 bits per heavy atom. The van der Waals surface area contributed by atoms with Crippen molar-refractivity contribution in [1.82, 2.24) is 4.90 Å². The van der Waals surface area contributed by atoms with Gasteiger partial charge in [-0.2, -0.15) is 26.3 Å². The second kappa shape index (κ2) is 9.44. The number of piperidine rings is 1. The zero-order valence-corrected chi connectivity index (χ0v) is 19.2. The number of likely N-dealkylation sites (N-methyl/N-ethyl adjacent to an activating group) is 1. The van der Waals surface area contributed by atoms with Crippen LogP contribution < -0.4 is 11.5 Å². The van der Waals surface area contributed by atoms with Crippen LogP contribution in [0.3, 0.4) is 0 Å². The van der Waals surface area contributed by atoms with Crippen molar-refractivity contribution in [2.24, 2.45) is 11.5 Å². The number of hydrogen-bond donors (Lipinski definition) is 2.